The average molecular weight is 483 g/mol. The van der Waals surface area contributed by atoms with Crippen LogP contribution in [-0.4, -0.2) is 39.2 Å². The lowest BCUT2D eigenvalue weighted by Gasteiger charge is -2.25. The van der Waals surface area contributed by atoms with Crippen LogP contribution in [0, 0.1) is 3.83 Å². The van der Waals surface area contributed by atoms with Crippen LogP contribution in [0.3, 0.4) is 0 Å². The number of imidazole rings is 1. The Labute approximate surface area is 172 Å². The molecule has 7 nitrogen and oxygen atoms in total. The number of aromatic hydroxyl groups is 1. The minimum atomic E-state index is -0.246. The Morgan fingerprint density at radius 2 is 2.15 bits per heavy atom. The number of hydrogen-bond acceptors (Lipinski definition) is 5. The normalized spacial score (nSPS) is 15.7. The average Bonchev–Trinajstić information content (AvgIpc) is 3.18. The number of anilines is 1. The number of nitrogens with zero attached hydrogens (tertiary/aromatic N) is 2. The number of halogens is 1. The van der Waals surface area contributed by atoms with E-state index in [1.165, 1.54) is 0 Å². The summed E-state index contributed by atoms with van der Waals surface area (Å²) < 4.78 is 2.66. The molecule has 1 aliphatic carbocycles. The highest BCUT2D eigenvalue weighted by Crippen LogP contribution is 2.29. The third-order valence-electron chi connectivity index (χ3n) is 4.93. The van der Waals surface area contributed by atoms with Crippen LogP contribution >= 0.6 is 22.6 Å². The number of hydrogen-bond donors (Lipinski definition) is 4. The third kappa shape index (κ3) is 4.73. The van der Waals surface area contributed by atoms with Crippen molar-refractivity contribution in [2.24, 2.45) is 5.73 Å². The standard InChI is InChI=1S/C19H26IN5O2/c1-2-22-17(27)15-16(23-12-19(21)8-3-4-9-19)25(18(20)24-15)11-13-6-5-7-14(26)10-13/h5-7,10,23,26H,2-4,8-9,11-12,21H2,1H3,(H,22,27). The Morgan fingerprint density at radius 3 is 2.81 bits per heavy atom. The molecule has 27 heavy (non-hydrogen) atoms. The van der Waals surface area contributed by atoms with Gasteiger partial charge in [-0.1, -0.05) is 25.0 Å². The SMILES string of the molecule is CCNC(=O)c1nc(I)n(Cc2cccc(O)c2)c1NCC1(N)CCCC1. The molecule has 1 aliphatic rings. The summed E-state index contributed by atoms with van der Waals surface area (Å²) in [5, 5.41) is 16.0. The van der Waals surface area contributed by atoms with Gasteiger partial charge in [-0.2, -0.15) is 0 Å². The summed E-state index contributed by atoms with van der Waals surface area (Å²) in [6.07, 6.45) is 4.24. The summed E-state index contributed by atoms with van der Waals surface area (Å²) in [4.78, 5) is 17.0. The quantitative estimate of drug-likeness (QED) is 0.454. The van der Waals surface area contributed by atoms with Crippen LogP contribution in [0.25, 0.3) is 0 Å². The zero-order valence-corrected chi connectivity index (χ0v) is 17.6. The van der Waals surface area contributed by atoms with Crippen molar-refractivity contribution in [1.82, 2.24) is 14.9 Å². The molecule has 1 aromatic heterocycles. The fourth-order valence-electron chi connectivity index (χ4n) is 3.50. The van der Waals surface area contributed by atoms with Crippen molar-refractivity contribution in [3.8, 4) is 5.75 Å². The van der Waals surface area contributed by atoms with Crippen molar-refractivity contribution in [2.75, 3.05) is 18.4 Å². The van der Waals surface area contributed by atoms with E-state index in [0.29, 0.717) is 35.0 Å². The highest BCUT2D eigenvalue weighted by molar-refractivity contribution is 14.1. The fraction of sp³-hybridized carbons (Fsp3) is 0.474. The van der Waals surface area contributed by atoms with E-state index in [4.69, 9.17) is 5.73 Å². The Bertz CT molecular complexity index is 814. The molecule has 5 N–H and O–H groups in total. The van der Waals surface area contributed by atoms with Gasteiger partial charge in [-0.15, -0.1) is 0 Å². The lowest BCUT2D eigenvalue weighted by atomic mass is 9.99. The monoisotopic (exact) mass is 483 g/mol. The minimum Gasteiger partial charge on any atom is -0.508 e. The van der Waals surface area contributed by atoms with Crippen molar-refractivity contribution in [3.05, 3.63) is 39.4 Å². The largest absolute Gasteiger partial charge is 0.508 e. The number of carbonyl (C=O) groups is 1. The van der Waals surface area contributed by atoms with Crippen molar-refractivity contribution in [1.29, 1.82) is 0 Å². The number of nitrogens with two attached hydrogens (primary N) is 1. The van der Waals surface area contributed by atoms with Crippen molar-refractivity contribution in [3.63, 3.8) is 0 Å². The number of rotatable bonds is 7. The molecule has 146 valence electrons. The zero-order chi connectivity index (χ0) is 19.4. The van der Waals surface area contributed by atoms with Gasteiger partial charge in [0.15, 0.2) is 9.53 Å². The van der Waals surface area contributed by atoms with Gasteiger partial charge in [0.25, 0.3) is 5.91 Å². The maximum atomic E-state index is 12.5. The molecule has 1 aromatic carbocycles. The maximum Gasteiger partial charge on any atom is 0.273 e. The van der Waals surface area contributed by atoms with Crippen LogP contribution in [0.15, 0.2) is 24.3 Å². The van der Waals surface area contributed by atoms with E-state index in [9.17, 15) is 9.90 Å². The molecule has 8 heteroatoms. The first-order chi connectivity index (χ1) is 12.9. The van der Waals surface area contributed by atoms with Gasteiger partial charge >= 0.3 is 0 Å². The van der Waals surface area contributed by atoms with E-state index < -0.39 is 0 Å². The van der Waals surface area contributed by atoms with Gasteiger partial charge in [-0.05, 0) is 37.5 Å². The third-order valence-corrected chi connectivity index (χ3v) is 5.76. The van der Waals surface area contributed by atoms with Crippen LogP contribution in [0.5, 0.6) is 5.75 Å². The molecule has 0 bridgehead atoms. The van der Waals surface area contributed by atoms with E-state index in [0.717, 1.165) is 31.2 Å². The van der Waals surface area contributed by atoms with Gasteiger partial charge < -0.3 is 26.0 Å². The molecule has 1 saturated carbocycles. The second kappa shape index (κ2) is 8.47. The molecule has 1 amide bonds. The number of nitrogens with one attached hydrogen (secondary N) is 2. The molecule has 0 spiro atoms. The molecule has 0 atom stereocenters. The summed E-state index contributed by atoms with van der Waals surface area (Å²) in [7, 11) is 0. The predicted octanol–water partition coefficient (Wildman–Crippen LogP) is 2.67. The lowest BCUT2D eigenvalue weighted by Crippen LogP contribution is -2.44. The second-order valence-corrected chi connectivity index (χ2v) is 8.08. The Balaban J connectivity index is 1.91. The van der Waals surface area contributed by atoms with Gasteiger partial charge in [0.1, 0.15) is 11.6 Å². The van der Waals surface area contributed by atoms with Crippen LogP contribution in [-0.2, 0) is 6.54 Å². The van der Waals surface area contributed by atoms with Gasteiger partial charge in [0, 0.05) is 41.2 Å². The van der Waals surface area contributed by atoms with Crippen LogP contribution in [0.4, 0.5) is 5.82 Å². The fourth-order valence-corrected chi connectivity index (χ4v) is 4.16. The van der Waals surface area contributed by atoms with Crippen molar-refractivity contribution < 1.29 is 9.90 Å². The Kier molecular flexibility index (Phi) is 6.25. The molecule has 2 aromatic rings. The molecule has 0 unspecified atom stereocenters. The van der Waals surface area contributed by atoms with E-state index in [1.807, 2.05) is 17.6 Å². The molecule has 0 saturated heterocycles. The maximum absolute atomic E-state index is 12.5. The number of benzene rings is 1. The van der Waals surface area contributed by atoms with Crippen LogP contribution in [0.2, 0.25) is 0 Å². The predicted molar refractivity (Wildman–Crippen MR) is 114 cm³/mol. The Morgan fingerprint density at radius 1 is 1.41 bits per heavy atom. The van der Waals surface area contributed by atoms with Gasteiger partial charge in [0.05, 0.1) is 6.54 Å². The van der Waals surface area contributed by atoms with Gasteiger partial charge in [0.2, 0.25) is 0 Å². The molecule has 1 heterocycles. The first-order valence-electron chi connectivity index (χ1n) is 9.27. The smallest absolute Gasteiger partial charge is 0.273 e. The summed E-state index contributed by atoms with van der Waals surface area (Å²) >= 11 is 2.13. The van der Waals surface area contributed by atoms with Gasteiger partial charge in [-0.3, -0.25) is 4.79 Å². The van der Waals surface area contributed by atoms with E-state index in [1.54, 1.807) is 18.2 Å². The lowest BCUT2D eigenvalue weighted by molar-refractivity contribution is 0.0952. The molecule has 0 aliphatic heterocycles. The number of carbonyl (C=O) groups excluding carboxylic acids is 1. The Hall–Kier alpha value is -1.81. The van der Waals surface area contributed by atoms with E-state index >= 15 is 0 Å². The summed E-state index contributed by atoms with van der Waals surface area (Å²) in [5.74, 6) is 0.684. The second-order valence-electron chi connectivity index (χ2n) is 7.12. The van der Waals surface area contributed by atoms with Crippen molar-refractivity contribution in [2.45, 2.75) is 44.7 Å². The molecular formula is C19H26IN5O2. The summed E-state index contributed by atoms with van der Waals surface area (Å²) in [6.45, 7) is 3.52. The van der Waals surface area contributed by atoms with Gasteiger partial charge in [-0.25, -0.2) is 4.98 Å². The molecule has 3 rings (SSSR count). The highest BCUT2D eigenvalue weighted by atomic mass is 127. The molecular weight excluding hydrogens is 457 g/mol. The van der Waals surface area contributed by atoms with Crippen molar-refractivity contribution >= 4 is 34.3 Å². The summed E-state index contributed by atoms with van der Waals surface area (Å²) in [5.41, 5.74) is 7.55. The molecule has 1 fully saturated rings. The minimum absolute atomic E-state index is 0.204. The number of phenolic OH excluding ortho intramolecular Hbond substituents is 1. The molecule has 0 radical (unpaired) electrons. The van der Waals surface area contributed by atoms with Crippen LogP contribution in [0.1, 0.15) is 48.7 Å². The van der Waals surface area contributed by atoms with E-state index in [-0.39, 0.29) is 17.2 Å². The topological polar surface area (TPSA) is 105 Å². The highest BCUT2D eigenvalue weighted by Gasteiger charge is 2.30. The first kappa shape index (κ1) is 19.9. The number of aromatic nitrogens is 2. The number of phenols is 1. The summed E-state index contributed by atoms with van der Waals surface area (Å²) in [6, 6.07) is 7.10. The number of amides is 1. The first-order valence-corrected chi connectivity index (χ1v) is 10.3. The zero-order valence-electron chi connectivity index (χ0n) is 15.5. The van der Waals surface area contributed by atoms with Crippen LogP contribution < -0.4 is 16.4 Å². The van der Waals surface area contributed by atoms with E-state index in [2.05, 4.69) is 38.2 Å².